The molecule has 0 spiro atoms. The minimum atomic E-state index is -0.866. The predicted molar refractivity (Wildman–Crippen MR) is 91.1 cm³/mol. The fourth-order valence-electron chi connectivity index (χ4n) is 3.98. The second kappa shape index (κ2) is 5.41. The monoisotopic (exact) mass is 311 g/mol. The SMILES string of the molecule is CN1CCC2C(C1)Sc1ccccc1C2(O)c1ccccc1. The second-order valence-electron chi connectivity index (χ2n) is 6.44. The lowest BCUT2D eigenvalue weighted by atomic mass is 9.71. The van der Waals surface area contributed by atoms with Crippen LogP contribution in [0.2, 0.25) is 0 Å². The average Bonchev–Trinajstić information content (AvgIpc) is 2.55. The van der Waals surface area contributed by atoms with Crippen LogP contribution < -0.4 is 0 Å². The van der Waals surface area contributed by atoms with Gasteiger partial charge in [0.15, 0.2) is 0 Å². The number of piperidine rings is 1. The second-order valence-corrected chi connectivity index (χ2v) is 7.72. The highest BCUT2D eigenvalue weighted by atomic mass is 32.2. The number of thioether (sulfide) groups is 1. The highest BCUT2D eigenvalue weighted by Gasteiger charge is 2.50. The van der Waals surface area contributed by atoms with Gasteiger partial charge in [0.25, 0.3) is 0 Å². The summed E-state index contributed by atoms with van der Waals surface area (Å²) in [5.41, 5.74) is 1.24. The van der Waals surface area contributed by atoms with Crippen LogP contribution in [0, 0.1) is 5.92 Å². The Balaban J connectivity index is 1.89. The highest BCUT2D eigenvalue weighted by molar-refractivity contribution is 8.00. The zero-order valence-electron chi connectivity index (χ0n) is 12.8. The third kappa shape index (κ3) is 2.11. The Kier molecular flexibility index (Phi) is 3.52. The molecule has 1 fully saturated rings. The molecule has 2 aliphatic rings. The van der Waals surface area contributed by atoms with E-state index in [0.717, 1.165) is 30.6 Å². The van der Waals surface area contributed by atoms with E-state index in [0.29, 0.717) is 5.25 Å². The number of hydrogen-bond donors (Lipinski definition) is 1. The van der Waals surface area contributed by atoms with Gasteiger partial charge in [0.1, 0.15) is 5.60 Å². The van der Waals surface area contributed by atoms with E-state index in [1.54, 1.807) is 0 Å². The van der Waals surface area contributed by atoms with E-state index in [1.165, 1.54) is 4.90 Å². The van der Waals surface area contributed by atoms with E-state index in [-0.39, 0.29) is 5.92 Å². The molecule has 2 heterocycles. The number of nitrogens with zero attached hydrogens (tertiary/aromatic N) is 1. The summed E-state index contributed by atoms with van der Waals surface area (Å²) in [5.74, 6) is 0.269. The lowest BCUT2D eigenvalue weighted by Gasteiger charge is -2.49. The fraction of sp³-hybridized carbons (Fsp3) is 0.368. The molecule has 4 rings (SSSR count). The van der Waals surface area contributed by atoms with Crippen molar-refractivity contribution < 1.29 is 5.11 Å². The van der Waals surface area contributed by atoms with Crippen molar-refractivity contribution in [3.8, 4) is 0 Å². The van der Waals surface area contributed by atoms with Gasteiger partial charge in [0.05, 0.1) is 0 Å². The Hall–Kier alpha value is -1.29. The Labute approximate surface area is 136 Å². The largest absolute Gasteiger partial charge is 0.380 e. The third-order valence-corrected chi connectivity index (χ3v) is 6.48. The number of fused-ring (bicyclic) bond motifs is 2. The fourth-order valence-corrected chi connectivity index (χ4v) is 5.64. The van der Waals surface area contributed by atoms with E-state index < -0.39 is 5.60 Å². The summed E-state index contributed by atoms with van der Waals surface area (Å²) in [6.45, 7) is 2.10. The van der Waals surface area contributed by atoms with Crippen molar-refractivity contribution in [2.75, 3.05) is 20.1 Å². The van der Waals surface area contributed by atoms with E-state index in [1.807, 2.05) is 36.0 Å². The molecule has 2 nitrogen and oxygen atoms in total. The van der Waals surface area contributed by atoms with Crippen molar-refractivity contribution in [1.29, 1.82) is 0 Å². The van der Waals surface area contributed by atoms with Gasteiger partial charge in [0, 0.05) is 28.2 Å². The van der Waals surface area contributed by atoms with E-state index in [9.17, 15) is 5.11 Å². The summed E-state index contributed by atoms with van der Waals surface area (Å²) in [4.78, 5) is 3.61. The smallest absolute Gasteiger partial charge is 0.120 e. The van der Waals surface area contributed by atoms with Crippen molar-refractivity contribution in [2.45, 2.75) is 22.2 Å². The molecule has 22 heavy (non-hydrogen) atoms. The van der Waals surface area contributed by atoms with Crippen molar-refractivity contribution in [2.24, 2.45) is 5.92 Å². The Morgan fingerprint density at radius 1 is 1.09 bits per heavy atom. The number of aliphatic hydroxyl groups is 1. The average molecular weight is 311 g/mol. The molecule has 2 aromatic rings. The molecule has 0 radical (unpaired) electrons. The number of likely N-dealkylation sites (tertiary alicyclic amines) is 1. The standard InChI is InChI=1S/C19H21NOS/c1-20-12-11-16-18(13-20)22-17-10-6-5-9-15(17)19(16,21)14-7-3-2-4-8-14/h2-10,16,18,21H,11-13H2,1H3. The van der Waals surface area contributed by atoms with Gasteiger partial charge in [-0.25, -0.2) is 0 Å². The van der Waals surface area contributed by atoms with Crippen LogP contribution in [0.25, 0.3) is 0 Å². The molecule has 0 bridgehead atoms. The summed E-state index contributed by atoms with van der Waals surface area (Å²) in [5, 5.41) is 12.3. The lowest BCUT2D eigenvalue weighted by Crippen LogP contribution is -2.52. The van der Waals surface area contributed by atoms with Gasteiger partial charge in [-0.1, -0.05) is 48.5 Å². The first-order valence-corrected chi connectivity index (χ1v) is 8.80. The van der Waals surface area contributed by atoms with Gasteiger partial charge in [0.2, 0.25) is 0 Å². The van der Waals surface area contributed by atoms with Crippen molar-refractivity contribution in [1.82, 2.24) is 4.90 Å². The summed E-state index contributed by atoms with van der Waals surface area (Å²) in [6.07, 6.45) is 1.04. The molecule has 0 amide bonds. The van der Waals surface area contributed by atoms with E-state index in [4.69, 9.17) is 0 Å². The minimum absolute atomic E-state index is 0.269. The third-order valence-electron chi connectivity index (χ3n) is 5.09. The minimum Gasteiger partial charge on any atom is -0.380 e. The van der Waals surface area contributed by atoms with Crippen LogP contribution in [-0.2, 0) is 5.60 Å². The lowest BCUT2D eigenvalue weighted by molar-refractivity contribution is -0.0123. The molecule has 3 heteroatoms. The van der Waals surface area contributed by atoms with Gasteiger partial charge >= 0.3 is 0 Å². The topological polar surface area (TPSA) is 23.5 Å². The van der Waals surface area contributed by atoms with Crippen LogP contribution in [0.4, 0.5) is 0 Å². The zero-order chi connectivity index (χ0) is 15.2. The molecule has 3 atom stereocenters. The number of benzene rings is 2. The van der Waals surface area contributed by atoms with Crippen LogP contribution in [-0.4, -0.2) is 35.4 Å². The normalized spacial score (nSPS) is 31.4. The van der Waals surface area contributed by atoms with Crippen LogP contribution >= 0.6 is 11.8 Å². The quantitative estimate of drug-likeness (QED) is 0.874. The van der Waals surface area contributed by atoms with Crippen LogP contribution in [0.15, 0.2) is 59.5 Å². The maximum absolute atomic E-state index is 11.8. The summed E-state index contributed by atoms with van der Waals surface area (Å²) < 4.78 is 0. The molecule has 1 N–H and O–H groups in total. The van der Waals surface area contributed by atoms with Crippen molar-refractivity contribution in [3.05, 3.63) is 65.7 Å². The molecule has 3 unspecified atom stereocenters. The molecular formula is C19H21NOS. The molecule has 0 aliphatic carbocycles. The van der Waals surface area contributed by atoms with Crippen molar-refractivity contribution >= 4 is 11.8 Å². The molecule has 2 aliphatic heterocycles. The predicted octanol–water partition coefficient (Wildman–Crippen LogP) is 3.35. The molecular weight excluding hydrogens is 290 g/mol. The Morgan fingerprint density at radius 3 is 2.64 bits per heavy atom. The van der Waals surface area contributed by atoms with Crippen LogP contribution in [0.5, 0.6) is 0 Å². The Bertz CT molecular complexity index is 674. The first kappa shape index (κ1) is 14.3. The first-order chi connectivity index (χ1) is 10.7. The molecule has 2 aromatic carbocycles. The summed E-state index contributed by atoms with van der Waals surface area (Å²) in [7, 11) is 2.18. The highest BCUT2D eigenvalue weighted by Crippen LogP contribution is 2.53. The molecule has 1 saturated heterocycles. The number of hydrogen-bond acceptors (Lipinski definition) is 3. The Morgan fingerprint density at radius 2 is 1.82 bits per heavy atom. The van der Waals surface area contributed by atoms with Gasteiger partial charge in [-0.05, 0) is 31.6 Å². The van der Waals surface area contributed by atoms with Crippen molar-refractivity contribution in [3.63, 3.8) is 0 Å². The molecule has 114 valence electrons. The summed E-state index contributed by atoms with van der Waals surface area (Å²) >= 11 is 1.94. The van der Waals surface area contributed by atoms with Crippen LogP contribution in [0.1, 0.15) is 17.5 Å². The van der Waals surface area contributed by atoms with E-state index >= 15 is 0 Å². The molecule has 0 aromatic heterocycles. The van der Waals surface area contributed by atoms with Gasteiger partial charge in [-0.2, -0.15) is 0 Å². The van der Waals surface area contributed by atoms with Gasteiger partial charge in [-0.15, -0.1) is 11.8 Å². The number of rotatable bonds is 1. The zero-order valence-corrected chi connectivity index (χ0v) is 13.6. The molecule has 0 saturated carbocycles. The summed E-state index contributed by atoms with van der Waals surface area (Å²) in [6, 6.07) is 18.6. The van der Waals surface area contributed by atoms with Gasteiger partial charge in [-0.3, -0.25) is 0 Å². The maximum atomic E-state index is 11.8. The van der Waals surface area contributed by atoms with Crippen LogP contribution in [0.3, 0.4) is 0 Å². The first-order valence-electron chi connectivity index (χ1n) is 7.92. The van der Waals surface area contributed by atoms with Gasteiger partial charge < -0.3 is 10.0 Å². The van der Waals surface area contributed by atoms with E-state index in [2.05, 4.69) is 42.3 Å². The maximum Gasteiger partial charge on any atom is 0.120 e.